The number of aromatic nitrogens is 3. The van der Waals surface area contributed by atoms with E-state index in [4.69, 9.17) is 16.3 Å². The van der Waals surface area contributed by atoms with Crippen LogP contribution in [0.15, 0.2) is 24.5 Å². The Bertz CT molecular complexity index is 928. The van der Waals surface area contributed by atoms with Crippen molar-refractivity contribution in [3.63, 3.8) is 0 Å². The van der Waals surface area contributed by atoms with Crippen LogP contribution in [0.25, 0.3) is 21.9 Å². The minimum absolute atomic E-state index is 0.383. The Morgan fingerprint density at radius 2 is 2.04 bits per heavy atom. The van der Waals surface area contributed by atoms with Gasteiger partial charge < -0.3 is 20.1 Å². The van der Waals surface area contributed by atoms with Crippen LogP contribution in [0.4, 0.5) is 0 Å². The first-order valence-electron chi connectivity index (χ1n) is 7.56. The Kier molecular flexibility index (Phi) is 3.70. The molecule has 0 radical (unpaired) electrons. The standard InChI is InChI=1S/C16H16ClN3O4/c1-7-12-9-4-8(17)2-3-10(9)20(15(12)19-6-18-7)16-14(23)13(22)11(5-21)24-16/h2-4,6,11,13-14,16,21-23H,5H2,1H3/t11-,13-,14+,16-/m1/s1. The third-order valence-electron chi connectivity index (χ3n) is 4.50. The number of benzene rings is 1. The molecule has 1 aromatic carbocycles. The molecule has 126 valence electrons. The smallest absolute Gasteiger partial charge is 0.165 e. The van der Waals surface area contributed by atoms with Gasteiger partial charge in [-0.1, -0.05) is 11.6 Å². The molecule has 0 saturated carbocycles. The van der Waals surface area contributed by atoms with Crippen LogP contribution in [0.3, 0.4) is 0 Å². The summed E-state index contributed by atoms with van der Waals surface area (Å²) in [7, 11) is 0. The quantitative estimate of drug-likeness (QED) is 0.642. The molecule has 7 nitrogen and oxygen atoms in total. The monoisotopic (exact) mass is 349 g/mol. The molecule has 3 heterocycles. The Balaban J connectivity index is 2.02. The minimum atomic E-state index is -1.19. The van der Waals surface area contributed by atoms with E-state index in [1.54, 1.807) is 10.6 Å². The van der Waals surface area contributed by atoms with Gasteiger partial charge in [-0.15, -0.1) is 0 Å². The van der Waals surface area contributed by atoms with Gasteiger partial charge in [0.05, 0.1) is 17.8 Å². The van der Waals surface area contributed by atoms with Crippen molar-refractivity contribution in [3.8, 4) is 0 Å². The number of fused-ring (bicyclic) bond motifs is 3. The zero-order chi connectivity index (χ0) is 17.0. The van der Waals surface area contributed by atoms with E-state index in [0.29, 0.717) is 10.7 Å². The number of aliphatic hydroxyl groups excluding tert-OH is 3. The van der Waals surface area contributed by atoms with Crippen LogP contribution in [-0.4, -0.2) is 54.8 Å². The van der Waals surface area contributed by atoms with Crippen molar-refractivity contribution in [2.45, 2.75) is 31.5 Å². The molecule has 1 aliphatic heterocycles. The topological polar surface area (TPSA) is 101 Å². The molecular formula is C16H16ClN3O4. The normalized spacial score (nSPS) is 27.4. The van der Waals surface area contributed by atoms with E-state index < -0.39 is 24.5 Å². The van der Waals surface area contributed by atoms with E-state index in [2.05, 4.69) is 9.97 Å². The van der Waals surface area contributed by atoms with Crippen LogP contribution >= 0.6 is 11.6 Å². The maximum atomic E-state index is 10.4. The number of aliphatic hydroxyl groups is 3. The summed E-state index contributed by atoms with van der Waals surface area (Å²) in [6.07, 6.45) is -2.65. The van der Waals surface area contributed by atoms with Gasteiger partial charge in [0, 0.05) is 15.8 Å². The van der Waals surface area contributed by atoms with Gasteiger partial charge in [0.1, 0.15) is 30.3 Å². The Morgan fingerprint density at radius 1 is 1.25 bits per heavy atom. The first-order valence-corrected chi connectivity index (χ1v) is 7.94. The Labute approximate surface area is 142 Å². The van der Waals surface area contributed by atoms with Crippen molar-refractivity contribution < 1.29 is 20.1 Å². The molecule has 0 amide bonds. The van der Waals surface area contributed by atoms with E-state index in [0.717, 1.165) is 22.0 Å². The molecule has 1 saturated heterocycles. The zero-order valence-electron chi connectivity index (χ0n) is 12.8. The van der Waals surface area contributed by atoms with Crippen LogP contribution in [0, 0.1) is 6.92 Å². The highest BCUT2D eigenvalue weighted by Gasteiger charge is 2.44. The van der Waals surface area contributed by atoms with Crippen molar-refractivity contribution in [2.75, 3.05) is 6.61 Å². The summed E-state index contributed by atoms with van der Waals surface area (Å²) >= 11 is 6.13. The lowest BCUT2D eigenvalue weighted by Crippen LogP contribution is -2.33. The van der Waals surface area contributed by atoms with Gasteiger partial charge in [0.2, 0.25) is 0 Å². The molecule has 2 aromatic heterocycles. The van der Waals surface area contributed by atoms with E-state index in [-0.39, 0.29) is 6.61 Å². The van der Waals surface area contributed by atoms with Crippen molar-refractivity contribution in [1.29, 1.82) is 0 Å². The second-order valence-corrected chi connectivity index (χ2v) is 6.35. The van der Waals surface area contributed by atoms with Crippen LogP contribution < -0.4 is 0 Å². The largest absolute Gasteiger partial charge is 0.394 e. The maximum absolute atomic E-state index is 10.4. The fourth-order valence-corrected chi connectivity index (χ4v) is 3.51. The second kappa shape index (κ2) is 5.65. The van der Waals surface area contributed by atoms with Crippen LogP contribution in [-0.2, 0) is 4.74 Å². The fraction of sp³-hybridized carbons (Fsp3) is 0.375. The van der Waals surface area contributed by atoms with E-state index in [1.165, 1.54) is 6.33 Å². The molecule has 1 aliphatic rings. The number of hydrogen-bond donors (Lipinski definition) is 3. The molecule has 24 heavy (non-hydrogen) atoms. The highest BCUT2D eigenvalue weighted by atomic mass is 35.5. The molecule has 0 aliphatic carbocycles. The highest BCUT2D eigenvalue weighted by molar-refractivity contribution is 6.31. The summed E-state index contributed by atoms with van der Waals surface area (Å²) in [6, 6.07) is 5.37. The number of halogens is 1. The summed E-state index contributed by atoms with van der Waals surface area (Å²) in [5, 5.41) is 32.0. The highest BCUT2D eigenvalue weighted by Crippen LogP contribution is 2.38. The first-order chi connectivity index (χ1) is 11.5. The third kappa shape index (κ3) is 2.13. The average molecular weight is 350 g/mol. The number of nitrogens with zero attached hydrogens (tertiary/aromatic N) is 3. The van der Waals surface area contributed by atoms with Crippen molar-refractivity contribution >= 4 is 33.5 Å². The molecule has 0 spiro atoms. The predicted molar refractivity (Wildman–Crippen MR) is 87.8 cm³/mol. The molecule has 3 aromatic rings. The minimum Gasteiger partial charge on any atom is -0.394 e. The molecule has 4 rings (SSSR count). The van der Waals surface area contributed by atoms with Gasteiger partial charge in [-0.2, -0.15) is 0 Å². The predicted octanol–water partition coefficient (Wildman–Crippen LogP) is 1.16. The summed E-state index contributed by atoms with van der Waals surface area (Å²) in [5.74, 6) is 0. The van der Waals surface area contributed by atoms with Gasteiger partial charge in [0.25, 0.3) is 0 Å². The number of ether oxygens (including phenoxy) is 1. The molecule has 8 heteroatoms. The number of rotatable bonds is 2. The van der Waals surface area contributed by atoms with Gasteiger partial charge in [0.15, 0.2) is 6.23 Å². The Morgan fingerprint density at radius 3 is 2.75 bits per heavy atom. The van der Waals surface area contributed by atoms with Crippen LogP contribution in [0.5, 0.6) is 0 Å². The maximum Gasteiger partial charge on any atom is 0.165 e. The molecule has 4 atom stereocenters. The van der Waals surface area contributed by atoms with Crippen LogP contribution in [0.2, 0.25) is 5.02 Å². The van der Waals surface area contributed by atoms with Crippen molar-refractivity contribution in [2.24, 2.45) is 0 Å². The van der Waals surface area contributed by atoms with E-state index >= 15 is 0 Å². The second-order valence-electron chi connectivity index (χ2n) is 5.92. The molecule has 0 bridgehead atoms. The number of hydrogen-bond acceptors (Lipinski definition) is 6. The lowest BCUT2D eigenvalue weighted by Gasteiger charge is -2.18. The molecule has 1 fully saturated rings. The van der Waals surface area contributed by atoms with E-state index in [9.17, 15) is 15.3 Å². The molecule has 0 unspecified atom stereocenters. The van der Waals surface area contributed by atoms with Gasteiger partial charge >= 0.3 is 0 Å². The summed E-state index contributed by atoms with van der Waals surface area (Å²) < 4.78 is 7.41. The molecular weight excluding hydrogens is 334 g/mol. The van der Waals surface area contributed by atoms with E-state index in [1.807, 2.05) is 19.1 Å². The Hall–Kier alpha value is -1.77. The first kappa shape index (κ1) is 15.7. The SMILES string of the molecule is Cc1ncnc2c1c1cc(Cl)ccc1n2[C@@H]1O[C@H](CO)[C@@H](O)[C@@H]1O. The summed E-state index contributed by atoms with van der Waals surface area (Å²) in [6.45, 7) is 1.48. The van der Waals surface area contributed by atoms with Crippen LogP contribution in [0.1, 0.15) is 11.9 Å². The summed E-state index contributed by atoms with van der Waals surface area (Å²) in [4.78, 5) is 8.57. The summed E-state index contributed by atoms with van der Waals surface area (Å²) in [5.41, 5.74) is 2.11. The third-order valence-corrected chi connectivity index (χ3v) is 4.74. The van der Waals surface area contributed by atoms with Gasteiger partial charge in [-0.3, -0.25) is 4.57 Å². The van der Waals surface area contributed by atoms with Crippen molar-refractivity contribution in [1.82, 2.24) is 14.5 Å². The zero-order valence-corrected chi connectivity index (χ0v) is 13.6. The lowest BCUT2D eigenvalue weighted by atomic mass is 10.1. The van der Waals surface area contributed by atoms with Gasteiger partial charge in [-0.05, 0) is 25.1 Å². The lowest BCUT2D eigenvalue weighted by molar-refractivity contribution is -0.0489. The number of aryl methyl sites for hydroxylation is 1. The van der Waals surface area contributed by atoms with Gasteiger partial charge in [-0.25, -0.2) is 9.97 Å². The fourth-order valence-electron chi connectivity index (χ4n) is 3.34. The average Bonchev–Trinajstić information content (AvgIpc) is 3.03. The van der Waals surface area contributed by atoms with Crippen molar-refractivity contribution in [3.05, 3.63) is 35.2 Å². The molecule has 3 N–H and O–H groups in total.